The summed E-state index contributed by atoms with van der Waals surface area (Å²) in [5.74, 6) is 0.948. The summed E-state index contributed by atoms with van der Waals surface area (Å²) in [6.07, 6.45) is 1.22. The van der Waals surface area contributed by atoms with E-state index in [0.717, 1.165) is 11.5 Å². The zero-order valence-corrected chi connectivity index (χ0v) is 8.75. The van der Waals surface area contributed by atoms with Crippen LogP contribution in [0.15, 0.2) is 18.2 Å². The number of anilines is 1. The van der Waals surface area contributed by atoms with Gasteiger partial charge in [0.05, 0.1) is 5.69 Å². The van der Waals surface area contributed by atoms with Gasteiger partial charge in [0.25, 0.3) is 0 Å². The lowest BCUT2D eigenvalue weighted by Gasteiger charge is -2.07. The van der Waals surface area contributed by atoms with Crippen LogP contribution in [0.1, 0.15) is 26.0 Å². The van der Waals surface area contributed by atoms with E-state index in [1.54, 1.807) is 0 Å². The van der Waals surface area contributed by atoms with Crippen LogP contribution in [0.2, 0.25) is 0 Å². The first kappa shape index (κ1) is 9.46. The maximum absolute atomic E-state index is 5.53. The Labute approximate surface area is 84.7 Å². The molecular weight excluding hydrogens is 174 g/mol. The zero-order valence-electron chi connectivity index (χ0n) is 8.75. The summed E-state index contributed by atoms with van der Waals surface area (Å²) in [6.45, 7) is 5.03. The van der Waals surface area contributed by atoms with E-state index in [4.69, 9.17) is 5.73 Å². The number of pyridine rings is 1. The molecule has 0 spiro atoms. The Morgan fingerprint density at radius 2 is 2.29 bits per heavy atom. The monoisotopic (exact) mass is 191 g/mol. The molecule has 1 unspecified atom stereocenters. The molecule has 1 aromatic rings. The molecule has 3 heteroatoms. The molecule has 0 aromatic carbocycles. The summed E-state index contributed by atoms with van der Waals surface area (Å²) in [4.78, 5) is 4.40. The summed E-state index contributed by atoms with van der Waals surface area (Å²) in [7, 11) is 0. The van der Waals surface area contributed by atoms with E-state index in [2.05, 4.69) is 24.1 Å². The minimum absolute atomic E-state index is 0.431. The summed E-state index contributed by atoms with van der Waals surface area (Å²) in [6, 6.07) is 6.51. The van der Waals surface area contributed by atoms with Crippen LogP contribution in [-0.2, 0) is 6.54 Å². The molecule has 14 heavy (non-hydrogen) atoms. The van der Waals surface area contributed by atoms with Gasteiger partial charge in [0, 0.05) is 12.6 Å². The lowest BCUT2D eigenvalue weighted by atomic mass is 10.2. The molecule has 0 bridgehead atoms. The van der Waals surface area contributed by atoms with Gasteiger partial charge in [0.2, 0.25) is 0 Å². The Bertz CT molecular complexity index is 333. The Kier molecular flexibility index (Phi) is 2.19. The lowest BCUT2D eigenvalue weighted by Crippen LogP contribution is -2.10. The second kappa shape index (κ2) is 3.24. The van der Waals surface area contributed by atoms with E-state index in [9.17, 15) is 0 Å². The van der Waals surface area contributed by atoms with Crippen LogP contribution in [-0.4, -0.2) is 11.0 Å². The smallest absolute Gasteiger partial charge is 0.126 e. The average Bonchev–Trinajstić information content (AvgIpc) is 2.74. The Balaban J connectivity index is 2.03. The topological polar surface area (TPSA) is 50.9 Å². The minimum atomic E-state index is 0.431. The molecule has 1 fully saturated rings. The van der Waals surface area contributed by atoms with Crippen LogP contribution >= 0.6 is 0 Å². The highest BCUT2D eigenvalue weighted by Gasteiger charge is 2.45. The van der Waals surface area contributed by atoms with Crippen LogP contribution in [0.5, 0.6) is 0 Å². The van der Waals surface area contributed by atoms with Crippen molar-refractivity contribution >= 4 is 5.82 Å². The fraction of sp³-hybridized carbons (Fsp3) is 0.545. The highest BCUT2D eigenvalue weighted by atomic mass is 15.1. The summed E-state index contributed by atoms with van der Waals surface area (Å²) in [5.41, 5.74) is 6.90. The van der Waals surface area contributed by atoms with Gasteiger partial charge in [0.1, 0.15) is 5.82 Å². The van der Waals surface area contributed by atoms with Crippen molar-refractivity contribution in [3.8, 4) is 0 Å². The maximum atomic E-state index is 5.53. The van der Waals surface area contributed by atoms with Crippen LogP contribution in [0.4, 0.5) is 5.82 Å². The van der Waals surface area contributed by atoms with Gasteiger partial charge in [-0.15, -0.1) is 0 Å². The molecule has 76 valence electrons. The van der Waals surface area contributed by atoms with E-state index in [1.165, 1.54) is 6.42 Å². The number of hydrogen-bond acceptors (Lipinski definition) is 3. The second-order valence-electron chi connectivity index (χ2n) is 4.61. The van der Waals surface area contributed by atoms with Crippen molar-refractivity contribution in [2.75, 3.05) is 5.32 Å². The van der Waals surface area contributed by atoms with Gasteiger partial charge in [-0.3, -0.25) is 0 Å². The summed E-state index contributed by atoms with van der Waals surface area (Å²) in [5, 5.41) is 3.41. The van der Waals surface area contributed by atoms with Crippen molar-refractivity contribution in [2.45, 2.75) is 32.9 Å². The van der Waals surface area contributed by atoms with Crippen molar-refractivity contribution in [3.05, 3.63) is 23.9 Å². The standard InChI is InChI=1S/C11H17N3/c1-11(2)6-9(11)14-10-5-3-4-8(7-12)13-10/h3-5,9H,6-7,12H2,1-2H3,(H,13,14). The van der Waals surface area contributed by atoms with Crippen LogP contribution in [0.25, 0.3) is 0 Å². The third-order valence-corrected chi connectivity index (χ3v) is 2.85. The number of nitrogens with zero attached hydrogens (tertiary/aromatic N) is 1. The van der Waals surface area contributed by atoms with E-state index >= 15 is 0 Å². The van der Waals surface area contributed by atoms with Crippen molar-refractivity contribution in [1.82, 2.24) is 4.98 Å². The average molecular weight is 191 g/mol. The SMILES string of the molecule is CC1(C)CC1Nc1cccc(CN)n1. The van der Waals surface area contributed by atoms with Gasteiger partial charge in [-0.1, -0.05) is 19.9 Å². The fourth-order valence-electron chi connectivity index (χ4n) is 1.57. The third kappa shape index (κ3) is 1.87. The minimum Gasteiger partial charge on any atom is -0.367 e. The molecule has 1 saturated carbocycles. The molecule has 0 aliphatic heterocycles. The quantitative estimate of drug-likeness (QED) is 0.765. The Morgan fingerprint density at radius 3 is 2.86 bits per heavy atom. The van der Waals surface area contributed by atoms with Gasteiger partial charge in [-0.05, 0) is 24.0 Å². The molecule has 1 aliphatic rings. The van der Waals surface area contributed by atoms with E-state index in [-0.39, 0.29) is 0 Å². The highest BCUT2D eigenvalue weighted by Crippen LogP contribution is 2.46. The largest absolute Gasteiger partial charge is 0.367 e. The number of hydrogen-bond donors (Lipinski definition) is 2. The van der Waals surface area contributed by atoms with E-state index in [0.29, 0.717) is 18.0 Å². The van der Waals surface area contributed by atoms with Crippen molar-refractivity contribution in [2.24, 2.45) is 11.1 Å². The normalized spacial score (nSPS) is 23.2. The van der Waals surface area contributed by atoms with Crippen molar-refractivity contribution in [3.63, 3.8) is 0 Å². The first-order valence-electron chi connectivity index (χ1n) is 5.04. The summed E-state index contributed by atoms with van der Waals surface area (Å²) >= 11 is 0. The summed E-state index contributed by atoms with van der Waals surface area (Å²) < 4.78 is 0. The predicted molar refractivity (Wildman–Crippen MR) is 57.9 cm³/mol. The van der Waals surface area contributed by atoms with E-state index in [1.807, 2.05) is 18.2 Å². The molecule has 3 N–H and O–H groups in total. The molecule has 3 nitrogen and oxygen atoms in total. The van der Waals surface area contributed by atoms with E-state index < -0.39 is 0 Å². The molecule has 1 aliphatic carbocycles. The molecule has 0 amide bonds. The van der Waals surface area contributed by atoms with Crippen molar-refractivity contribution < 1.29 is 0 Å². The number of nitrogens with two attached hydrogens (primary N) is 1. The maximum Gasteiger partial charge on any atom is 0.126 e. The fourth-order valence-corrected chi connectivity index (χ4v) is 1.57. The Hall–Kier alpha value is -1.09. The second-order valence-corrected chi connectivity index (χ2v) is 4.61. The first-order chi connectivity index (χ1) is 6.62. The van der Waals surface area contributed by atoms with Gasteiger partial charge >= 0.3 is 0 Å². The third-order valence-electron chi connectivity index (χ3n) is 2.85. The van der Waals surface area contributed by atoms with Gasteiger partial charge in [-0.2, -0.15) is 0 Å². The molecule has 1 aromatic heterocycles. The highest BCUT2D eigenvalue weighted by molar-refractivity contribution is 5.39. The molecule has 1 heterocycles. The predicted octanol–water partition coefficient (Wildman–Crippen LogP) is 1.75. The number of aromatic nitrogens is 1. The number of rotatable bonds is 3. The molecular formula is C11H17N3. The van der Waals surface area contributed by atoms with Crippen LogP contribution < -0.4 is 11.1 Å². The zero-order chi connectivity index (χ0) is 10.2. The van der Waals surface area contributed by atoms with Gasteiger partial charge in [0.15, 0.2) is 0 Å². The molecule has 2 rings (SSSR count). The first-order valence-corrected chi connectivity index (χ1v) is 5.04. The van der Waals surface area contributed by atoms with Crippen molar-refractivity contribution in [1.29, 1.82) is 0 Å². The number of nitrogens with one attached hydrogen (secondary N) is 1. The van der Waals surface area contributed by atoms with Crippen LogP contribution in [0, 0.1) is 5.41 Å². The van der Waals surface area contributed by atoms with Crippen LogP contribution in [0.3, 0.4) is 0 Å². The Morgan fingerprint density at radius 1 is 1.57 bits per heavy atom. The molecule has 0 saturated heterocycles. The lowest BCUT2D eigenvalue weighted by molar-refractivity contribution is 0.629. The van der Waals surface area contributed by atoms with Gasteiger partial charge < -0.3 is 11.1 Å². The molecule has 0 radical (unpaired) electrons. The van der Waals surface area contributed by atoms with Gasteiger partial charge in [-0.25, -0.2) is 4.98 Å². The molecule has 1 atom stereocenters.